The van der Waals surface area contributed by atoms with E-state index in [1.54, 1.807) is 0 Å². The first-order chi connectivity index (χ1) is 8.97. The maximum absolute atomic E-state index is 13.7. The van der Waals surface area contributed by atoms with E-state index in [1.807, 2.05) is 6.92 Å². The molecule has 108 valence electrons. The predicted molar refractivity (Wildman–Crippen MR) is 75.2 cm³/mol. The number of hydrogen-bond acceptors (Lipinski definition) is 2. The number of hydrogen-bond donors (Lipinski definition) is 1. The molecule has 1 rings (SSSR count). The molecule has 0 saturated heterocycles. The van der Waals surface area contributed by atoms with Crippen molar-refractivity contribution in [3.05, 3.63) is 35.4 Å². The number of halogens is 2. The minimum absolute atomic E-state index is 0.133. The molecule has 0 fully saturated rings. The molecular weight excluding hydrogens is 246 g/mol. The van der Waals surface area contributed by atoms with E-state index in [9.17, 15) is 8.78 Å². The molecule has 0 aliphatic carbocycles. The fourth-order valence-electron chi connectivity index (χ4n) is 2.29. The lowest BCUT2D eigenvalue weighted by Gasteiger charge is -2.26. The third-order valence-electron chi connectivity index (χ3n) is 3.39. The van der Waals surface area contributed by atoms with Crippen LogP contribution in [0.15, 0.2) is 18.2 Å². The molecule has 1 aromatic carbocycles. The highest BCUT2D eigenvalue weighted by Gasteiger charge is 2.15. The van der Waals surface area contributed by atoms with Gasteiger partial charge in [0.25, 0.3) is 0 Å². The van der Waals surface area contributed by atoms with Crippen LogP contribution in [-0.2, 0) is 0 Å². The van der Waals surface area contributed by atoms with Crippen LogP contribution in [0.3, 0.4) is 0 Å². The lowest BCUT2D eigenvalue weighted by molar-refractivity contribution is 0.263. The quantitative estimate of drug-likeness (QED) is 0.817. The van der Waals surface area contributed by atoms with E-state index in [0.717, 1.165) is 25.7 Å². The lowest BCUT2D eigenvalue weighted by Crippen LogP contribution is -2.40. The molecule has 0 heterocycles. The van der Waals surface area contributed by atoms with Crippen LogP contribution in [0.1, 0.15) is 39.3 Å². The van der Waals surface area contributed by atoms with Gasteiger partial charge in [0, 0.05) is 30.3 Å². The largest absolute Gasteiger partial charge is 0.306 e. The third-order valence-corrected chi connectivity index (χ3v) is 3.39. The zero-order chi connectivity index (χ0) is 14.4. The van der Waals surface area contributed by atoms with Gasteiger partial charge in [-0.3, -0.25) is 0 Å². The molecule has 0 saturated carbocycles. The fraction of sp³-hybridized carbons (Fsp3) is 0.600. The molecule has 0 aromatic heterocycles. The Morgan fingerprint density at radius 1 is 1.16 bits per heavy atom. The molecule has 2 unspecified atom stereocenters. The van der Waals surface area contributed by atoms with Crippen molar-refractivity contribution in [2.24, 2.45) is 0 Å². The van der Waals surface area contributed by atoms with E-state index in [0.29, 0.717) is 5.56 Å². The van der Waals surface area contributed by atoms with Crippen molar-refractivity contribution in [2.75, 3.05) is 19.6 Å². The van der Waals surface area contributed by atoms with Gasteiger partial charge in [-0.25, -0.2) is 8.78 Å². The van der Waals surface area contributed by atoms with Crippen LogP contribution in [0.25, 0.3) is 0 Å². The van der Waals surface area contributed by atoms with E-state index in [2.05, 4.69) is 31.0 Å². The summed E-state index contributed by atoms with van der Waals surface area (Å²) in [5.74, 6) is -1.03. The second-order valence-corrected chi connectivity index (χ2v) is 4.94. The topological polar surface area (TPSA) is 15.3 Å². The number of rotatable bonds is 7. The predicted octanol–water partition coefficient (Wildman–Crippen LogP) is 3.35. The summed E-state index contributed by atoms with van der Waals surface area (Å²) in [6.45, 7) is 11.1. The molecule has 0 bridgehead atoms. The van der Waals surface area contributed by atoms with Crippen molar-refractivity contribution in [2.45, 2.75) is 39.8 Å². The van der Waals surface area contributed by atoms with Gasteiger partial charge in [-0.1, -0.05) is 19.9 Å². The molecule has 0 aliphatic rings. The molecule has 4 heteroatoms. The van der Waals surface area contributed by atoms with Gasteiger partial charge < -0.3 is 10.2 Å². The molecular formula is C15H24F2N2. The first-order valence-corrected chi connectivity index (χ1v) is 6.91. The first kappa shape index (κ1) is 16.1. The van der Waals surface area contributed by atoms with Crippen LogP contribution < -0.4 is 5.32 Å². The minimum atomic E-state index is -0.537. The Morgan fingerprint density at radius 3 is 2.32 bits per heavy atom. The van der Waals surface area contributed by atoms with Crippen LogP contribution in [-0.4, -0.2) is 30.6 Å². The standard InChI is InChI=1S/C15H24F2N2/c1-5-19(6-2)10-11(3)18-12(4)14-8-7-13(16)9-15(14)17/h7-9,11-12,18H,5-6,10H2,1-4H3. The van der Waals surface area contributed by atoms with Gasteiger partial charge in [-0.15, -0.1) is 0 Å². The van der Waals surface area contributed by atoms with Crippen molar-refractivity contribution in [1.82, 2.24) is 10.2 Å². The van der Waals surface area contributed by atoms with Crippen molar-refractivity contribution >= 4 is 0 Å². The van der Waals surface area contributed by atoms with Gasteiger partial charge in [0.15, 0.2) is 0 Å². The Hall–Kier alpha value is -1.00. The van der Waals surface area contributed by atoms with E-state index >= 15 is 0 Å². The Kier molecular flexibility index (Phi) is 6.38. The summed E-state index contributed by atoms with van der Waals surface area (Å²) >= 11 is 0. The normalized spacial score (nSPS) is 14.7. The summed E-state index contributed by atoms with van der Waals surface area (Å²) in [5, 5.41) is 3.35. The summed E-state index contributed by atoms with van der Waals surface area (Å²) in [6.07, 6.45) is 0. The minimum Gasteiger partial charge on any atom is -0.306 e. The highest BCUT2D eigenvalue weighted by Crippen LogP contribution is 2.18. The summed E-state index contributed by atoms with van der Waals surface area (Å²) in [7, 11) is 0. The average molecular weight is 270 g/mol. The SMILES string of the molecule is CCN(CC)CC(C)NC(C)c1ccc(F)cc1F. The molecule has 19 heavy (non-hydrogen) atoms. The van der Waals surface area contributed by atoms with Gasteiger partial charge >= 0.3 is 0 Å². The Morgan fingerprint density at radius 2 is 1.79 bits per heavy atom. The molecule has 0 radical (unpaired) electrons. The van der Waals surface area contributed by atoms with Gasteiger partial charge in [0.1, 0.15) is 11.6 Å². The van der Waals surface area contributed by atoms with Crippen LogP contribution in [0.2, 0.25) is 0 Å². The number of nitrogens with zero attached hydrogens (tertiary/aromatic N) is 1. The molecule has 1 aromatic rings. The van der Waals surface area contributed by atoms with E-state index < -0.39 is 11.6 Å². The van der Waals surface area contributed by atoms with Gasteiger partial charge in [-0.2, -0.15) is 0 Å². The smallest absolute Gasteiger partial charge is 0.130 e. The Balaban J connectivity index is 2.61. The molecule has 2 nitrogen and oxygen atoms in total. The Bertz CT molecular complexity index is 392. The van der Waals surface area contributed by atoms with Crippen LogP contribution in [0, 0.1) is 11.6 Å². The second kappa shape index (κ2) is 7.56. The van der Waals surface area contributed by atoms with Crippen molar-refractivity contribution in [1.29, 1.82) is 0 Å². The number of likely N-dealkylation sites (N-methyl/N-ethyl adjacent to an activating group) is 1. The fourth-order valence-corrected chi connectivity index (χ4v) is 2.29. The van der Waals surface area contributed by atoms with E-state index in [4.69, 9.17) is 0 Å². The van der Waals surface area contributed by atoms with Crippen molar-refractivity contribution in [3.8, 4) is 0 Å². The van der Waals surface area contributed by atoms with Crippen LogP contribution in [0.5, 0.6) is 0 Å². The number of benzene rings is 1. The maximum atomic E-state index is 13.7. The van der Waals surface area contributed by atoms with Crippen molar-refractivity contribution in [3.63, 3.8) is 0 Å². The van der Waals surface area contributed by atoms with E-state index in [1.165, 1.54) is 12.1 Å². The first-order valence-electron chi connectivity index (χ1n) is 6.91. The molecule has 0 aliphatic heterocycles. The molecule has 0 spiro atoms. The summed E-state index contributed by atoms with van der Waals surface area (Å²) in [5.41, 5.74) is 0.507. The zero-order valence-electron chi connectivity index (χ0n) is 12.2. The Labute approximate surface area is 114 Å². The number of nitrogens with one attached hydrogen (secondary N) is 1. The highest BCUT2D eigenvalue weighted by atomic mass is 19.1. The maximum Gasteiger partial charge on any atom is 0.130 e. The summed E-state index contributed by atoms with van der Waals surface area (Å²) in [6, 6.07) is 3.85. The van der Waals surface area contributed by atoms with Gasteiger partial charge in [0.05, 0.1) is 0 Å². The van der Waals surface area contributed by atoms with Crippen LogP contribution in [0.4, 0.5) is 8.78 Å². The van der Waals surface area contributed by atoms with Crippen molar-refractivity contribution < 1.29 is 8.78 Å². The van der Waals surface area contributed by atoms with Gasteiger partial charge in [0.2, 0.25) is 0 Å². The lowest BCUT2D eigenvalue weighted by atomic mass is 10.1. The van der Waals surface area contributed by atoms with Gasteiger partial charge in [-0.05, 0) is 33.0 Å². The monoisotopic (exact) mass is 270 g/mol. The third kappa shape index (κ3) is 4.88. The van der Waals surface area contributed by atoms with E-state index in [-0.39, 0.29) is 12.1 Å². The summed E-state index contributed by atoms with van der Waals surface area (Å²) in [4.78, 5) is 2.31. The van der Waals surface area contributed by atoms with Crippen LogP contribution >= 0.6 is 0 Å². The zero-order valence-corrected chi connectivity index (χ0v) is 12.2. The highest BCUT2D eigenvalue weighted by molar-refractivity contribution is 5.21. The molecule has 1 N–H and O–H groups in total. The second-order valence-electron chi connectivity index (χ2n) is 4.94. The average Bonchev–Trinajstić information content (AvgIpc) is 2.35. The summed E-state index contributed by atoms with van der Waals surface area (Å²) < 4.78 is 26.5. The molecule has 2 atom stereocenters. The molecule has 0 amide bonds.